The van der Waals surface area contributed by atoms with Gasteiger partial charge in [-0.05, 0) is 77.0 Å². The molecule has 0 aromatic heterocycles. The van der Waals surface area contributed by atoms with Crippen molar-refractivity contribution < 1.29 is 47.5 Å². The number of hydrogen-bond donors (Lipinski definition) is 3. The Morgan fingerprint density at radius 3 is 1.37 bits per heavy atom. The van der Waals surface area contributed by atoms with Gasteiger partial charge in [0.2, 0.25) is 0 Å². The summed E-state index contributed by atoms with van der Waals surface area (Å²) < 4.78 is 32.8. The van der Waals surface area contributed by atoms with Gasteiger partial charge in [0.25, 0.3) is 0 Å². The summed E-state index contributed by atoms with van der Waals surface area (Å²) in [5, 5.41) is 8.91. The lowest BCUT2D eigenvalue weighted by molar-refractivity contribution is -0.161. The minimum Gasteiger partial charge on any atom is -0.480 e. The van der Waals surface area contributed by atoms with Crippen molar-refractivity contribution in [1.29, 1.82) is 0 Å². The van der Waals surface area contributed by atoms with Crippen LogP contribution in [0.3, 0.4) is 0 Å². The second kappa shape index (κ2) is 44.8. The molecule has 358 valence electrons. The summed E-state index contributed by atoms with van der Waals surface area (Å²) in [6.45, 7) is 2.69. The highest BCUT2D eigenvalue weighted by Crippen LogP contribution is 2.43. The van der Waals surface area contributed by atoms with Gasteiger partial charge >= 0.3 is 25.7 Å². The highest BCUT2D eigenvalue weighted by Gasteiger charge is 2.28. The van der Waals surface area contributed by atoms with Crippen molar-refractivity contribution in [2.75, 3.05) is 19.8 Å². The van der Waals surface area contributed by atoms with E-state index in [0.29, 0.717) is 12.8 Å². The van der Waals surface area contributed by atoms with Gasteiger partial charge in [0.15, 0.2) is 6.10 Å². The first kappa shape index (κ1) is 59.2. The number of nitrogens with two attached hydrogens (primary N) is 1. The molecule has 12 heteroatoms. The van der Waals surface area contributed by atoms with E-state index in [1.807, 2.05) is 0 Å². The van der Waals surface area contributed by atoms with Gasteiger partial charge in [0.1, 0.15) is 12.6 Å². The molecule has 0 saturated carbocycles. The van der Waals surface area contributed by atoms with E-state index < -0.39 is 51.1 Å². The average Bonchev–Trinajstić information content (AvgIpc) is 3.25. The molecule has 0 heterocycles. The average molecular weight is 894 g/mol. The molecular formula is C50H88NO10P. The molecule has 0 spiro atoms. The van der Waals surface area contributed by atoms with Gasteiger partial charge in [-0.1, -0.05) is 177 Å². The number of carbonyl (C=O) groups is 3. The van der Waals surface area contributed by atoms with Crippen LogP contribution in [0.15, 0.2) is 60.8 Å². The quantitative estimate of drug-likeness (QED) is 0.0230. The molecule has 0 amide bonds. The summed E-state index contributed by atoms with van der Waals surface area (Å²) in [7, 11) is -4.73. The lowest BCUT2D eigenvalue weighted by Gasteiger charge is -2.20. The maximum atomic E-state index is 12.7. The lowest BCUT2D eigenvalue weighted by Crippen LogP contribution is -2.34. The van der Waals surface area contributed by atoms with Crippen LogP contribution in [0, 0.1) is 0 Å². The predicted octanol–water partition coefficient (Wildman–Crippen LogP) is 13.5. The zero-order valence-electron chi connectivity index (χ0n) is 38.9. The third kappa shape index (κ3) is 43.8. The first-order chi connectivity index (χ1) is 30.1. The molecule has 0 rings (SSSR count). The van der Waals surface area contributed by atoms with E-state index in [0.717, 1.165) is 83.5 Å². The molecule has 0 bridgehead atoms. The number of unbranched alkanes of at least 4 members (excludes halogenated alkanes) is 21. The molecule has 0 aliphatic carbocycles. The Labute approximate surface area is 377 Å². The van der Waals surface area contributed by atoms with Crippen molar-refractivity contribution in [1.82, 2.24) is 0 Å². The van der Waals surface area contributed by atoms with Crippen molar-refractivity contribution >= 4 is 25.7 Å². The van der Waals surface area contributed by atoms with Crippen LogP contribution in [0.25, 0.3) is 0 Å². The molecule has 11 nitrogen and oxygen atoms in total. The molecule has 3 unspecified atom stereocenters. The number of phosphoric acid groups is 1. The first-order valence-electron chi connectivity index (χ1n) is 24.3. The van der Waals surface area contributed by atoms with E-state index in [4.69, 9.17) is 24.8 Å². The standard InChI is InChI=1S/C50H88NO10P/c1-3-5-7-9-11-13-15-17-19-21-23-25-27-29-31-33-35-37-39-41-48(52)58-43-46(44-59-62(56,57)60-45-47(51)50(54)55)61-49(53)42-40-38-36-34-32-30-28-26-24-22-20-18-16-14-12-10-8-6-4-2/h6,8,12,14,17-20,24,26,46-47H,3-5,7,9-11,13,15-16,21-23,25,27-45,51H2,1-2H3,(H,54,55)(H,56,57)/b8-6-,14-12-,19-17-,20-18-,26-24-. The molecule has 4 N–H and O–H groups in total. The monoisotopic (exact) mass is 894 g/mol. The number of phosphoric ester groups is 1. The Morgan fingerprint density at radius 2 is 0.903 bits per heavy atom. The fraction of sp³-hybridized carbons (Fsp3) is 0.740. The van der Waals surface area contributed by atoms with Crippen LogP contribution in [-0.4, -0.2) is 59.9 Å². The summed E-state index contributed by atoms with van der Waals surface area (Å²) in [5.41, 5.74) is 5.35. The van der Waals surface area contributed by atoms with Crippen LogP contribution in [0.2, 0.25) is 0 Å². The largest absolute Gasteiger partial charge is 0.480 e. The molecule has 0 aromatic carbocycles. The number of allylic oxidation sites excluding steroid dienone is 10. The van der Waals surface area contributed by atoms with Crippen LogP contribution < -0.4 is 5.73 Å². The molecular weight excluding hydrogens is 806 g/mol. The highest BCUT2D eigenvalue weighted by atomic mass is 31.2. The summed E-state index contributed by atoms with van der Waals surface area (Å²) in [4.78, 5) is 46.1. The van der Waals surface area contributed by atoms with Crippen LogP contribution in [0.5, 0.6) is 0 Å². The number of rotatable bonds is 45. The Kier molecular flexibility index (Phi) is 42.7. The predicted molar refractivity (Wildman–Crippen MR) is 254 cm³/mol. The van der Waals surface area contributed by atoms with Crippen LogP contribution in [-0.2, 0) is 37.5 Å². The van der Waals surface area contributed by atoms with Gasteiger partial charge in [0, 0.05) is 12.8 Å². The van der Waals surface area contributed by atoms with Gasteiger partial charge in [-0.25, -0.2) is 4.57 Å². The van der Waals surface area contributed by atoms with Crippen molar-refractivity contribution in [3.8, 4) is 0 Å². The third-order valence-corrected chi connectivity index (χ3v) is 11.2. The van der Waals surface area contributed by atoms with Crippen LogP contribution in [0.1, 0.15) is 206 Å². The number of carbonyl (C=O) groups excluding carboxylic acids is 2. The van der Waals surface area contributed by atoms with E-state index in [-0.39, 0.29) is 19.4 Å². The van der Waals surface area contributed by atoms with E-state index in [9.17, 15) is 23.8 Å². The smallest absolute Gasteiger partial charge is 0.472 e. The van der Waals surface area contributed by atoms with E-state index in [1.165, 1.54) is 83.5 Å². The zero-order chi connectivity index (χ0) is 45.6. The molecule has 0 radical (unpaired) electrons. The highest BCUT2D eigenvalue weighted by molar-refractivity contribution is 7.47. The number of ether oxygens (including phenoxy) is 2. The van der Waals surface area contributed by atoms with Gasteiger partial charge in [-0.2, -0.15) is 0 Å². The molecule has 0 aliphatic heterocycles. The number of aliphatic carboxylic acids is 1. The minimum absolute atomic E-state index is 0.143. The Bertz CT molecular complexity index is 1280. The van der Waals surface area contributed by atoms with E-state index in [2.05, 4.69) is 79.1 Å². The van der Waals surface area contributed by atoms with Crippen LogP contribution >= 0.6 is 7.82 Å². The lowest BCUT2D eigenvalue weighted by atomic mass is 10.1. The maximum absolute atomic E-state index is 12.7. The van der Waals surface area contributed by atoms with Crippen LogP contribution in [0.4, 0.5) is 0 Å². The number of carboxylic acids is 1. The Morgan fingerprint density at radius 1 is 0.516 bits per heavy atom. The molecule has 0 aliphatic rings. The Balaban J connectivity index is 4.32. The summed E-state index contributed by atoms with van der Waals surface area (Å²) in [6, 6.07) is -1.53. The topological polar surface area (TPSA) is 172 Å². The zero-order valence-corrected chi connectivity index (χ0v) is 39.8. The van der Waals surface area contributed by atoms with Crippen molar-refractivity contribution in [3.63, 3.8) is 0 Å². The second-order valence-corrected chi connectivity index (χ2v) is 17.7. The fourth-order valence-electron chi connectivity index (χ4n) is 6.46. The molecule has 0 saturated heterocycles. The molecule has 62 heavy (non-hydrogen) atoms. The normalized spacial score (nSPS) is 14.1. The fourth-order valence-corrected chi connectivity index (χ4v) is 7.24. The van der Waals surface area contributed by atoms with Crippen molar-refractivity contribution in [2.45, 2.75) is 219 Å². The first-order valence-corrected chi connectivity index (χ1v) is 25.8. The maximum Gasteiger partial charge on any atom is 0.472 e. The molecule has 0 aromatic rings. The number of esters is 2. The number of hydrogen-bond acceptors (Lipinski definition) is 9. The van der Waals surface area contributed by atoms with E-state index >= 15 is 0 Å². The molecule has 3 atom stereocenters. The minimum atomic E-state index is -4.73. The molecule has 0 fully saturated rings. The summed E-state index contributed by atoms with van der Waals surface area (Å²) in [5.74, 6) is -2.40. The summed E-state index contributed by atoms with van der Waals surface area (Å²) >= 11 is 0. The second-order valence-electron chi connectivity index (χ2n) is 16.2. The SMILES string of the molecule is CC/C=C\C/C=C\C/C=C\C/C=C\CCCCCCCCC(=O)OC(COC(=O)CCCCCCCCCCC/C=C\CCCCCCCC)COP(=O)(O)OCC(N)C(=O)O. The number of carboxylic acid groups (broad SMARTS) is 1. The van der Waals surface area contributed by atoms with E-state index in [1.54, 1.807) is 0 Å². The van der Waals surface area contributed by atoms with Gasteiger partial charge < -0.3 is 25.2 Å². The van der Waals surface area contributed by atoms with Gasteiger partial charge in [0.05, 0.1) is 13.2 Å². The van der Waals surface area contributed by atoms with Crippen molar-refractivity contribution in [2.24, 2.45) is 5.73 Å². The van der Waals surface area contributed by atoms with Gasteiger partial charge in [-0.15, -0.1) is 0 Å². The Hall–Kier alpha value is -2.82. The summed E-state index contributed by atoms with van der Waals surface area (Å²) in [6.07, 6.45) is 52.8. The van der Waals surface area contributed by atoms with Crippen molar-refractivity contribution in [3.05, 3.63) is 60.8 Å². The third-order valence-electron chi connectivity index (χ3n) is 10.2. The van der Waals surface area contributed by atoms with Gasteiger partial charge in [-0.3, -0.25) is 23.4 Å².